The van der Waals surface area contributed by atoms with E-state index in [9.17, 15) is 4.79 Å². The Labute approximate surface area is 69.6 Å². The number of nitrogens with zero attached hydrogens (tertiary/aromatic N) is 1. The van der Waals surface area contributed by atoms with Crippen LogP contribution in [0.15, 0.2) is 24.5 Å². The average molecular weight is 161 g/mol. The molecule has 3 nitrogen and oxygen atoms in total. The van der Waals surface area contributed by atoms with Gasteiger partial charge in [0.05, 0.1) is 0 Å². The number of aromatic amines is 1. The number of carbonyl (C=O) groups excluding carboxylic acids is 1. The zero-order chi connectivity index (χ0) is 8.55. The van der Waals surface area contributed by atoms with Gasteiger partial charge in [-0.1, -0.05) is 0 Å². The van der Waals surface area contributed by atoms with Gasteiger partial charge in [0.15, 0.2) is 12.5 Å². The van der Waals surface area contributed by atoms with Crippen molar-refractivity contribution >= 4 is 17.3 Å². The first-order valence-corrected chi connectivity index (χ1v) is 3.74. The first-order chi connectivity index (χ1) is 5.83. The highest BCUT2D eigenvalue weighted by Gasteiger charge is 2.10. The molecule has 0 aliphatic heterocycles. The first kappa shape index (κ1) is 7.03. The predicted molar refractivity (Wildman–Crippen MR) is 44.9 cm³/mol. The zero-order valence-corrected chi connectivity index (χ0v) is 6.74. The van der Waals surface area contributed by atoms with Crippen molar-refractivity contribution in [3.05, 3.63) is 30.1 Å². The van der Waals surface area contributed by atoms with Crippen LogP contribution in [0.4, 0.5) is 0 Å². The summed E-state index contributed by atoms with van der Waals surface area (Å²) in [6, 6.07) is 3.88. The van der Waals surface area contributed by atoms with Crippen molar-refractivity contribution in [2.24, 2.45) is 7.05 Å². The van der Waals surface area contributed by atoms with Crippen molar-refractivity contribution < 1.29 is 9.36 Å². The second kappa shape index (κ2) is 2.44. The quantitative estimate of drug-likeness (QED) is 0.487. The lowest BCUT2D eigenvalue weighted by Gasteiger charge is -1.88. The van der Waals surface area contributed by atoms with Crippen molar-refractivity contribution in [3.63, 3.8) is 0 Å². The number of carbonyl (C=O) groups is 1. The standard InChI is InChI=1S/C9H8N2O/c1-11-4-2-3-8-9(11)7(6-12)5-10-8/h2-6H,1H3/p+1. The molecular formula is C9H9N2O+. The van der Waals surface area contributed by atoms with Crippen molar-refractivity contribution in [1.29, 1.82) is 0 Å². The second-order valence-corrected chi connectivity index (χ2v) is 2.74. The molecule has 2 aromatic rings. The van der Waals surface area contributed by atoms with E-state index in [1.807, 2.05) is 29.9 Å². The molecular weight excluding hydrogens is 152 g/mol. The third-order valence-electron chi connectivity index (χ3n) is 1.96. The van der Waals surface area contributed by atoms with Gasteiger partial charge in [0.1, 0.15) is 18.1 Å². The summed E-state index contributed by atoms with van der Waals surface area (Å²) >= 11 is 0. The largest absolute Gasteiger partial charge is 0.355 e. The van der Waals surface area contributed by atoms with E-state index in [0.717, 1.165) is 17.3 Å². The number of nitrogens with one attached hydrogen (secondary N) is 1. The fraction of sp³-hybridized carbons (Fsp3) is 0.111. The highest BCUT2D eigenvalue weighted by molar-refractivity contribution is 5.92. The second-order valence-electron chi connectivity index (χ2n) is 2.74. The van der Waals surface area contributed by atoms with Crippen LogP contribution >= 0.6 is 0 Å². The van der Waals surface area contributed by atoms with Gasteiger partial charge in [-0.25, -0.2) is 0 Å². The van der Waals surface area contributed by atoms with E-state index in [-0.39, 0.29) is 0 Å². The molecule has 60 valence electrons. The molecule has 0 spiro atoms. The molecule has 0 aliphatic rings. The van der Waals surface area contributed by atoms with Crippen LogP contribution in [0.1, 0.15) is 10.4 Å². The molecule has 0 unspecified atom stereocenters. The van der Waals surface area contributed by atoms with Crippen LogP contribution in [-0.2, 0) is 7.05 Å². The summed E-state index contributed by atoms with van der Waals surface area (Å²) in [7, 11) is 1.92. The van der Waals surface area contributed by atoms with E-state index in [4.69, 9.17) is 0 Å². The van der Waals surface area contributed by atoms with Crippen LogP contribution < -0.4 is 4.57 Å². The summed E-state index contributed by atoms with van der Waals surface area (Å²) in [5.74, 6) is 0. The van der Waals surface area contributed by atoms with Crippen molar-refractivity contribution in [3.8, 4) is 0 Å². The van der Waals surface area contributed by atoms with Gasteiger partial charge in [-0.3, -0.25) is 4.79 Å². The molecule has 1 N–H and O–H groups in total. The molecule has 12 heavy (non-hydrogen) atoms. The van der Waals surface area contributed by atoms with Gasteiger partial charge in [0, 0.05) is 12.3 Å². The molecule has 0 amide bonds. The van der Waals surface area contributed by atoms with E-state index >= 15 is 0 Å². The maximum absolute atomic E-state index is 10.6. The molecule has 0 fully saturated rings. The number of aromatic nitrogens is 2. The van der Waals surface area contributed by atoms with Gasteiger partial charge in [-0.05, 0) is 6.07 Å². The number of pyridine rings is 1. The molecule has 0 atom stereocenters. The average Bonchev–Trinajstić information content (AvgIpc) is 2.49. The van der Waals surface area contributed by atoms with Crippen LogP contribution in [-0.4, -0.2) is 11.3 Å². The Balaban J connectivity index is 2.91. The molecule has 2 aromatic heterocycles. The number of hydrogen-bond acceptors (Lipinski definition) is 1. The fourth-order valence-electron chi connectivity index (χ4n) is 1.40. The lowest BCUT2D eigenvalue weighted by atomic mass is 10.3. The topological polar surface area (TPSA) is 36.7 Å². The summed E-state index contributed by atoms with van der Waals surface area (Å²) in [6.45, 7) is 0. The summed E-state index contributed by atoms with van der Waals surface area (Å²) in [4.78, 5) is 13.6. The SMILES string of the molecule is C[n+]1cccc2[nH]cc(C=O)c21. The minimum atomic E-state index is 0.702. The Morgan fingerprint density at radius 1 is 1.58 bits per heavy atom. The van der Waals surface area contributed by atoms with Crippen LogP contribution in [0.5, 0.6) is 0 Å². The third kappa shape index (κ3) is 0.830. The molecule has 0 bridgehead atoms. The van der Waals surface area contributed by atoms with Gasteiger partial charge in [-0.2, -0.15) is 4.57 Å². The summed E-state index contributed by atoms with van der Waals surface area (Å²) in [6.07, 6.45) is 4.50. The van der Waals surface area contributed by atoms with Crippen molar-refractivity contribution in [2.45, 2.75) is 0 Å². The van der Waals surface area contributed by atoms with Gasteiger partial charge in [-0.15, -0.1) is 0 Å². The Kier molecular flexibility index (Phi) is 1.43. The van der Waals surface area contributed by atoms with Gasteiger partial charge in [0.2, 0.25) is 5.52 Å². The third-order valence-corrected chi connectivity index (χ3v) is 1.96. The van der Waals surface area contributed by atoms with E-state index in [1.165, 1.54) is 0 Å². The van der Waals surface area contributed by atoms with Crippen LogP contribution in [0.3, 0.4) is 0 Å². The summed E-state index contributed by atoms with van der Waals surface area (Å²) in [5.41, 5.74) is 2.64. The lowest BCUT2D eigenvalue weighted by Crippen LogP contribution is -2.28. The van der Waals surface area contributed by atoms with Crippen LogP contribution in [0.25, 0.3) is 11.0 Å². The number of fused-ring (bicyclic) bond motifs is 1. The zero-order valence-electron chi connectivity index (χ0n) is 6.74. The number of aryl methyl sites for hydroxylation is 1. The lowest BCUT2D eigenvalue weighted by molar-refractivity contribution is -0.644. The van der Waals surface area contributed by atoms with Crippen molar-refractivity contribution in [2.75, 3.05) is 0 Å². The molecule has 3 heteroatoms. The van der Waals surface area contributed by atoms with Gasteiger partial charge in [0.25, 0.3) is 0 Å². The maximum atomic E-state index is 10.6. The van der Waals surface area contributed by atoms with E-state index in [0.29, 0.717) is 5.56 Å². The Bertz CT molecular complexity index is 431. The Morgan fingerprint density at radius 2 is 2.42 bits per heavy atom. The first-order valence-electron chi connectivity index (χ1n) is 3.74. The molecule has 0 aliphatic carbocycles. The molecule has 0 saturated carbocycles. The number of H-pyrrole nitrogens is 1. The number of aldehydes is 1. The number of hydrogen-bond donors (Lipinski definition) is 1. The Morgan fingerprint density at radius 3 is 3.17 bits per heavy atom. The maximum Gasteiger partial charge on any atom is 0.240 e. The number of rotatable bonds is 1. The van der Waals surface area contributed by atoms with Gasteiger partial charge >= 0.3 is 0 Å². The van der Waals surface area contributed by atoms with Crippen LogP contribution in [0.2, 0.25) is 0 Å². The summed E-state index contributed by atoms with van der Waals surface area (Å²) < 4.78 is 1.93. The fourth-order valence-corrected chi connectivity index (χ4v) is 1.40. The monoisotopic (exact) mass is 161 g/mol. The smallest absolute Gasteiger partial charge is 0.240 e. The molecule has 0 saturated heterocycles. The highest BCUT2D eigenvalue weighted by Crippen LogP contribution is 2.10. The molecule has 2 rings (SSSR count). The van der Waals surface area contributed by atoms with E-state index in [1.54, 1.807) is 6.20 Å². The molecule has 0 radical (unpaired) electrons. The van der Waals surface area contributed by atoms with E-state index < -0.39 is 0 Å². The minimum absolute atomic E-state index is 0.702. The molecule has 2 heterocycles. The predicted octanol–water partition coefficient (Wildman–Crippen LogP) is 0.805. The summed E-state index contributed by atoms with van der Waals surface area (Å²) in [5, 5.41) is 0. The minimum Gasteiger partial charge on any atom is -0.355 e. The molecule has 0 aromatic carbocycles. The van der Waals surface area contributed by atoms with Crippen molar-refractivity contribution in [1.82, 2.24) is 4.98 Å². The van der Waals surface area contributed by atoms with Crippen LogP contribution in [0, 0.1) is 0 Å². The van der Waals surface area contributed by atoms with Gasteiger partial charge < -0.3 is 4.98 Å². The van der Waals surface area contributed by atoms with E-state index in [2.05, 4.69) is 4.98 Å². The normalized spacial score (nSPS) is 10.4. The highest BCUT2D eigenvalue weighted by atomic mass is 16.1. The Hall–Kier alpha value is -1.64.